The molecule has 4 nitrogen and oxygen atoms in total. The maximum atomic E-state index is 11.7. The number of carbonyl (C=O) groups is 1. The molecule has 2 N–H and O–H groups in total. The molecule has 16 heavy (non-hydrogen) atoms. The Morgan fingerprint density at radius 3 is 2.88 bits per heavy atom. The minimum absolute atomic E-state index is 0.00763. The maximum Gasteiger partial charge on any atom is 0.414 e. The van der Waals surface area contributed by atoms with Gasteiger partial charge in [0.15, 0.2) is 6.61 Å². The summed E-state index contributed by atoms with van der Waals surface area (Å²) >= 11 is 1.71. The van der Waals surface area contributed by atoms with Gasteiger partial charge in [0.05, 0.1) is 0 Å². The normalized spacial score (nSPS) is 21.8. The third kappa shape index (κ3) is 6.19. The fourth-order valence-electron chi connectivity index (χ4n) is 1.21. The minimum Gasteiger partial charge on any atom is -0.312 e. The maximum absolute atomic E-state index is 11.7. The predicted molar refractivity (Wildman–Crippen MR) is 53.9 cm³/mol. The summed E-state index contributed by atoms with van der Waals surface area (Å²) in [4.78, 5) is 15.2. The highest BCUT2D eigenvalue weighted by Gasteiger charge is 2.28. The summed E-state index contributed by atoms with van der Waals surface area (Å²) in [5, 5.41) is 3.10. The number of amides is 1. The number of alkyl halides is 3. The Morgan fingerprint density at radius 2 is 2.31 bits per heavy atom. The molecule has 1 aliphatic rings. The lowest BCUT2D eigenvalue weighted by molar-refractivity contribution is -0.191. The van der Waals surface area contributed by atoms with E-state index in [4.69, 9.17) is 0 Å². The molecule has 1 unspecified atom stereocenters. The molecule has 0 bridgehead atoms. The molecule has 0 aromatic carbocycles. The lowest BCUT2D eigenvalue weighted by Gasteiger charge is -2.22. The second kappa shape index (κ2) is 6.31. The molecule has 1 atom stereocenters. The van der Waals surface area contributed by atoms with Crippen LogP contribution in [0.3, 0.4) is 0 Å². The highest BCUT2D eigenvalue weighted by atomic mass is 32.2. The van der Waals surface area contributed by atoms with Crippen LogP contribution in [0.2, 0.25) is 0 Å². The number of hydrogen-bond acceptors (Lipinski definition) is 4. The van der Waals surface area contributed by atoms with Crippen LogP contribution < -0.4 is 10.8 Å². The Hall–Kier alpha value is -0.470. The average Bonchev–Trinajstić information content (AvgIpc) is 2.17. The van der Waals surface area contributed by atoms with Crippen molar-refractivity contribution < 1.29 is 22.8 Å². The molecular formula is C8H13F3N2O2S. The van der Waals surface area contributed by atoms with Gasteiger partial charge < -0.3 is 5.32 Å². The summed E-state index contributed by atoms with van der Waals surface area (Å²) < 4.78 is 35.0. The molecule has 0 aliphatic carbocycles. The van der Waals surface area contributed by atoms with Gasteiger partial charge in [0.25, 0.3) is 0 Å². The molecule has 0 aromatic heterocycles. The van der Waals surface area contributed by atoms with Crippen molar-refractivity contribution in [3.05, 3.63) is 0 Å². The van der Waals surface area contributed by atoms with Crippen LogP contribution in [-0.2, 0) is 9.63 Å². The van der Waals surface area contributed by atoms with Gasteiger partial charge in [0.2, 0.25) is 5.91 Å². The quantitative estimate of drug-likeness (QED) is 0.729. The fourth-order valence-corrected chi connectivity index (χ4v) is 2.16. The second-order valence-corrected chi connectivity index (χ2v) is 4.51. The van der Waals surface area contributed by atoms with E-state index in [-0.39, 0.29) is 12.5 Å². The standard InChI is InChI=1S/C8H13F3N2O2S/c9-8(10,11)5-15-13-7(14)3-6-4-16-2-1-12-6/h6,12H,1-5H2,(H,13,14). The van der Waals surface area contributed by atoms with Gasteiger partial charge in [-0.25, -0.2) is 5.48 Å². The summed E-state index contributed by atoms with van der Waals surface area (Å²) in [7, 11) is 0. The number of nitrogens with one attached hydrogen (secondary N) is 2. The summed E-state index contributed by atoms with van der Waals surface area (Å²) in [5.74, 6) is 1.24. The average molecular weight is 258 g/mol. The van der Waals surface area contributed by atoms with Crippen LogP contribution in [-0.4, -0.2) is 42.8 Å². The second-order valence-electron chi connectivity index (χ2n) is 3.36. The SMILES string of the molecule is O=C(CC1CSCCN1)NOCC(F)(F)F. The van der Waals surface area contributed by atoms with Gasteiger partial charge in [-0.05, 0) is 0 Å². The van der Waals surface area contributed by atoms with E-state index in [1.54, 1.807) is 17.2 Å². The Labute approximate surface area is 95.2 Å². The summed E-state index contributed by atoms with van der Waals surface area (Å²) in [6, 6.07) is 0.00763. The molecule has 8 heteroatoms. The van der Waals surface area contributed by atoms with Crippen molar-refractivity contribution in [2.45, 2.75) is 18.6 Å². The van der Waals surface area contributed by atoms with Gasteiger partial charge in [-0.15, -0.1) is 0 Å². The number of carbonyl (C=O) groups excluding carboxylic acids is 1. The van der Waals surface area contributed by atoms with E-state index < -0.39 is 18.7 Å². The van der Waals surface area contributed by atoms with Crippen molar-refractivity contribution >= 4 is 17.7 Å². The van der Waals surface area contributed by atoms with E-state index >= 15 is 0 Å². The zero-order valence-corrected chi connectivity index (χ0v) is 9.29. The van der Waals surface area contributed by atoms with E-state index in [0.717, 1.165) is 18.1 Å². The highest BCUT2D eigenvalue weighted by molar-refractivity contribution is 7.99. The summed E-state index contributed by atoms with van der Waals surface area (Å²) in [6.45, 7) is -0.655. The van der Waals surface area contributed by atoms with Gasteiger partial charge in [-0.1, -0.05) is 0 Å². The van der Waals surface area contributed by atoms with Gasteiger partial charge in [-0.3, -0.25) is 9.63 Å². The highest BCUT2D eigenvalue weighted by Crippen LogP contribution is 2.14. The molecule has 0 radical (unpaired) electrons. The first-order valence-electron chi connectivity index (χ1n) is 4.76. The third-order valence-corrected chi connectivity index (χ3v) is 2.98. The molecule has 0 saturated carbocycles. The molecule has 0 aromatic rings. The molecule has 1 amide bonds. The molecule has 0 spiro atoms. The van der Waals surface area contributed by atoms with Crippen molar-refractivity contribution in [2.24, 2.45) is 0 Å². The minimum atomic E-state index is -4.42. The van der Waals surface area contributed by atoms with E-state index in [2.05, 4.69) is 10.2 Å². The first-order valence-corrected chi connectivity index (χ1v) is 5.91. The Balaban J connectivity index is 2.10. The van der Waals surface area contributed by atoms with E-state index in [1.807, 2.05) is 0 Å². The van der Waals surface area contributed by atoms with Crippen LogP contribution in [0.5, 0.6) is 0 Å². The summed E-state index contributed by atoms with van der Waals surface area (Å²) in [6.07, 6.45) is -4.29. The Kier molecular flexibility index (Phi) is 5.36. The van der Waals surface area contributed by atoms with Crippen molar-refractivity contribution in [1.82, 2.24) is 10.8 Å². The van der Waals surface area contributed by atoms with Gasteiger partial charge in [0.1, 0.15) is 0 Å². The van der Waals surface area contributed by atoms with Crippen molar-refractivity contribution in [2.75, 3.05) is 24.7 Å². The van der Waals surface area contributed by atoms with Gasteiger partial charge in [0, 0.05) is 30.5 Å². The molecule has 1 fully saturated rings. The largest absolute Gasteiger partial charge is 0.414 e. The zero-order valence-electron chi connectivity index (χ0n) is 8.47. The van der Waals surface area contributed by atoms with Crippen molar-refractivity contribution in [3.8, 4) is 0 Å². The van der Waals surface area contributed by atoms with Crippen molar-refractivity contribution in [3.63, 3.8) is 0 Å². The number of hydrogen-bond donors (Lipinski definition) is 2. The van der Waals surface area contributed by atoms with Crippen LogP contribution in [0, 0.1) is 0 Å². The predicted octanol–water partition coefficient (Wildman–Crippen LogP) is 0.692. The third-order valence-electron chi connectivity index (χ3n) is 1.85. The Bertz CT molecular complexity index is 232. The molecule has 1 saturated heterocycles. The number of halogens is 3. The number of rotatable bonds is 4. The smallest absolute Gasteiger partial charge is 0.312 e. The lowest BCUT2D eigenvalue weighted by atomic mass is 10.2. The first-order chi connectivity index (χ1) is 7.47. The zero-order chi connectivity index (χ0) is 12.0. The summed E-state index contributed by atoms with van der Waals surface area (Å²) in [5.41, 5.74) is 1.78. The lowest BCUT2D eigenvalue weighted by Crippen LogP contribution is -2.41. The van der Waals surface area contributed by atoms with Crippen LogP contribution in [0.15, 0.2) is 0 Å². The molecular weight excluding hydrogens is 245 g/mol. The first kappa shape index (κ1) is 13.6. The van der Waals surface area contributed by atoms with Crippen LogP contribution >= 0.6 is 11.8 Å². The molecule has 1 rings (SSSR count). The van der Waals surface area contributed by atoms with Crippen LogP contribution in [0.1, 0.15) is 6.42 Å². The fraction of sp³-hybridized carbons (Fsp3) is 0.875. The van der Waals surface area contributed by atoms with Crippen LogP contribution in [0.25, 0.3) is 0 Å². The van der Waals surface area contributed by atoms with Gasteiger partial charge >= 0.3 is 6.18 Å². The molecule has 94 valence electrons. The van der Waals surface area contributed by atoms with E-state index in [0.29, 0.717) is 0 Å². The molecule has 1 aliphatic heterocycles. The van der Waals surface area contributed by atoms with Gasteiger partial charge in [-0.2, -0.15) is 24.9 Å². The topological polar surface area (TPSA) is 50.4 Å². The number of thioether (sulfide) groups is 1. The molecule has 1 heterocycles. The van der Waals surface area contributed by atoms with Crippen LogP contribution in [0.4, 0.5) is 13.2 Å². The van der Waals surface area contributed by atoms with Crippen molar-refractivity contribution in [1.29, 1.82) is 0 Å². The number of hydroxylamine groups is 1. The monoisotopic (exact) mass is 258 g/mol. The Morgan fingerprint density at radius 1 is 1.56 bits per heavy atom. The van der Waals surface area contributed by atoms with E-state index in [9.17, 15) is 18.0 Å². The van der Waals surface area contributed by atoms with E-state index in [1.165, 1.54) is 0 Å².